The first-order valence-electron chi connectivity index (χ1n) is 11.4. The number of nitrogens with zero attached hydrogens (tertiary/aromatic N) is 1. The fourth-order valence-electron chi connectivity index (χ4n) is 3.55. The molecule has 0 saturated carbocycles. The molecule has 0 radical (unpaired) electrons. The summed E-state index contributed by atoms with van der Waals surface area (Å²) in [6.07, 6.45) is 27.1. The van der Waals surface area contributed by atoms with Crippen LogP contribution in [0.3, 0.4) is 0 Å². The van der Waals surface area contributed by atoms with Gasteiger partial charge in [0.1, 0.15) is 5.82 Å². The Labute approximate surface area is 157 Å². The highest BCUT2D eigenvalue weighted by molar-refractivity contribution is 5.00. The summed E-state index contributed by atoms with van der Waals surface area (Å²) >= 11 is 0. The summed E-state index contributed by atoms with van der Waals surface area (Å²) in [4.78, 5) is 7.88. The maximum absolute atomic E-state index is 4.58. The highest BCUT2D eigenvalue weighted by atomic mass is 14.9. The quantitative estimate of drug-likeness (QED) is 0.270. The summed E-state index contributed by atoms with van der Waals surface area (Å²) in [7, 11) is 0. The van der Waals surface area contributed by atoms with Gasteiger partial charge in [0, 0.05) is 12.6 Å². The highest BCUT2D eigenvalue weighted by Crippen LogP contribution is 2.14. The number of H-pyrrole nitrogens is 1. The third kappa shape index (κ3) is 13.1. The number of hydrogen-bond donors (Lipinski definition) is 1. The molecule has 25 heavy (non-hydrogen) atoms. The van der Waals surface area contributed by atoms with Crippen LogP contribution < -0.4 is 0 Å². The lowest BCUT2D eigenvalue weighted by Gasteiger charge is -2.03. The van der Waals surface area contributed by atoms with E-state index in [-0.39, 0.29) is 0 Å². The summed E-state index contributed by atoms with van der Waals surface area (Å²) in [5.74, 6) is 1.18. The Morgan fingerprint density at radius 3 is 1.48 bits per heavy atom. The molecule has 146 valence electrons. The van der Waals surface area contributed by atoms with Gasteiger partial charge in [-0.2, -0.15) is 0 Å². The zero-order valence-electron chi connectivity index (χ0n) is 17.3. The molecule has 2 heteroatoms. The van der Waals surface area contributed by atoms with E-state index in [4.69, 9.17) is 0 Å². The standard InChI is InChI=1S/C23H44N2/c1-3-5-6-7-8-9-10-11-12-13-14-15-16-17-18-19-20-23-24-21-22(4-2)25-23/h21H,3-20H2,1-2H3,(H,24,25). The number of imidazole rings is 1. The molecule has 0 aliphatic rings. The third-order valence-corrected chi connectivity index (χ3v) is 5.31. The van der Waals surface area contributed by atoms with E-state index < -0.39 is 0 Å². The molecule has 0 spiro atoms. The van der Waals surface area contributed by atoms with Gasteiger partial charge in [0.2, 0.25) is 0 Å². The smallest absolute Gasteiger partial charge is 0.106 e. The SMILES string of the molecule is CCCCCCCCCCCCCCCCCCc1nc(CC)c[nH]1. The summed E-state index contributed by atoms with van der Waals surface area (Å²) in [6.45, 7) is 4.46. The highest BCUT2D eigenvalue weighted by Gasteiger charge is 1.99. The van der Waals surface area contributed by atoms with Gasteiger partial charge in [-0.1, -0.05) is 110 Å². The molecule has 1 heterocycles. The van der Waals surface area contributed by atoms with Crippen molar-refractivity contribution in [2.45, 2.75) is 129 Å². The van der Waals surface area contributed by atoms with Crippen LogP contribution in [0.2, 0.25) is 0 Å². The van der Waals surface area contributed by atoms with Gasteiger partial charge in [0.15, 0.2) is 0 Å². The Hall–Kier alpha value is -0.790. The molecule has 1 aromatic rings. The first kappa shape index (κ1) is 22.3. The molecule has 0 fully saturated rings. The number of hydrogen-bond acceptors (Lipinski definition) is 1. The van der Waals surface area contributed by atoms with Crippen LogP contribution in [-0.2, 0) is 12.8 Å². The molecule has 0 unspecified atom stereocenters. The predicted octanol–water partition coefficient (Wildman–Crippen LogP) is 7.78. The lowest BCUT2D eigenvalue weighted by atomic mass is 10.0. The van der Waals surface area contributed by atoms with E-state index in [2.05, 4.69) is 30.0 Å². The van der Waals surface area contributed by atoms with Crippen LogP contribution in [0, 0.1) is 0 Å². The largest absolute Gasteiger partial charge is 0.348 e. The average Bonchev–Trinajstić information content (AvgIpc) is 3.09. The first-order chi connectivity index (χ1) is 12.4. The Kier molecular flexibility index (Phi) is 14.8. The van der Waals surface area contributed by atoms with Crippen molar-refractivity contribution >= 4 is 0 Å². The number of rotatable bonds is 18. The van der Waals surface area contributed by atoms with Gasteiger partial charge in [-0.25, -0.2) is 4.98 Å². The Balaban J connectivity index is 1.73. The molecule has 1 aromatic heterocycles. The minimum atomic E-state index is 1.04. The summed E-state index contributed by atoms with van der Waals surface area (Å²) < 4.78 is 0. The second-order valence-corrected chi connectivity index (χ2v) is 7.75. The maximum Gasteiger partial charge on any atom is 0.106 e. The zero-order chi connectivity index (χ0) is 18.0. The van der Waals surface area contributed by atoms with Gasteiger partial charge in [0.05, 0.1) is 5.69 Å². The van der Waals surface area contributed by atoms with Crippen LogP contribution in [0.25, 0.3) is 0 Å². The van der Waals surface area contributed by atoms with Crippen molar-refractivity contribution in [2.24, 2.45) is 0 Å². The fraction of sp³-hybridized carbons (Fsp3) is 0.870. The van der Waals surface area contributed by atoms with E-state index in [1.807, 2.05) is 0 Å². The number of aromatic nitrogens is 2. The monoisotopic (exact) mass is 348 g/mol. The van der Waals surface area contributed by atoms with Crippen molar-refractivity contribution < 1.29 is 0 Å². The zero-order valence-corrected chi connectivity index (χ0v) is 17.3. The topological polar surface area (TPSA) is 28.7 Å². The Morgan fingerprint density at radius 1 is 0.640 bits per heavy atom. The van der Waals surface area contributed by atoms with Crippen LogP contribution in [0.5, 0.6) is 0 Å². The molecule has 0 aliphatic carbocycles. The molecule has 0 amide bonds. The average molecular weight is 349 g/mol. The van der Waals surface area contributed by atoms with Gasteiger partial charge < -0.3 is 4.98 Å². The fourth-order valence-corrected chi connectivity index (χ4v) is 3.55. The minimum absolute atomic E-state index is 1.04. The van der Waals surface area contributed by atoms with Crippen molar-refractivity contribution in [3.8, 4) is 0 Å². The Morgan fingerprint density at radius 2 is 1.08 bits per heavy atom. The first-order valence-corrected chi connectivity index (χ1v) is 11.4. The number of aromatic amines is 1. The second kappa shape index (κ2) is 16.7. The van der Waals surface area contributed by atoms with Crippen molar-refractivity contribution in [1.29, 1.82) is 0 Å². The van der Waals surface area contributed by atoms with Crippen LogP contribution in [-0.4, -0.2) is 9.97 Å². The molecular formula is C23H44N2. The molecule has 0 atom stereocenters. The van der Waals surface area contributed by atoms with Gasteiger partial charge in [-0.05, 0) is 12.8 Å². The summed E-state index contributed by atoms with van der Waals surface area (Å²) in [5.41, 5.74) is 1.20. The van der Waals surface area contributed by atoms with Crippen LogP contribution in [0.4, 0.5) is 0 Å². The summed E-state index contributed by atoms with van der Waals surface area (Å²) in [6, 6.07) is 0. The van der Waals surface area contributed by atoms with Crippen molar-refractivity contribution in [1.82, 2.24) is 9.97 Å². The maximum atomic E-state index is 4.58. The molecule has 0 saturated heterocycles. The van der Waals surface area contributed by atoms with Gasteiger partial charge in [-0.3, -0.25) is 0 Å². The third-order valence-electron chi connectivity index (χ3n) is 5.31. The molecular weight excluding hydrogens is 304 g/mol. The lowest BCUT2D eigenvalue weighted by Crippen LogP contribution is -1.89. The van der Waals surface area contributed by atoms with E-state index in [0.29, 0.717) is 0 Å². The van der Waals surface area contributed by atoms with Crippen LogP contribution >= 0.6 is 0 Å². The van der Waals surface area contributed by atoms with E-state index in [1.54, 1.807) is 0 Å². The van der Waals surface area contributed by atoms with Crippen molar-refractivity contribution in [2.75, 3.05) is 0 Å². The number of unbranched alkanes of at least 4 members (excludes halogenated alkanes) is 15. The minimum Gasteiger partial charge on any atom is -0.348 e. The number of aryl methyl sites for hydroxylation is 2. The van der Waals surface area contributed by atoms with Gasteiger partial charge in [-0.15, -0.1) is 0 Å². The molecule has 0 bridgehead atoms. The van der Waals surface area contributed by atoms with E-state index in [0.717, 1.165) is 12.8 Å². The predicted molar refractivity (Wildman–Crippen MR) is 111 cm³/mol. The molecule has 0 aromatic carbocycles. The second-order valence-electron chi connectivity index (χ2n) is 7.75. The van der Waals surface area contributed by atoms with E-state index in [1.165, 1.54) is 114 Å². The van der Waals surface area contributed by atoms with Crippen LogP contribution in [0.15, 0.2) is 6.20 Å². The molecule has 0 aliphatic heterocycles. The van der Waals surface area contributed by atoms with Crippen molar-refractivity contribution in [3.63, 3.8) is 0 Å². The molecule has 1 N–H and O–H groups in total. The molecule has 1 rings (SSSR count). The Bertz CT molecular complexity index is 383. The summed E-state index contributed by atoms with van der Waals surface area (Å²) in [5, 5.41) is 0. The van der Waals surface area contributed by atoms with Crippen LogP contribution in [0.1, 0.15) is 128 Å². The van der Waals surface area contributed by atoms with Gasteiger partial charge in [0.25, 0.3) is 0 Å². The number of nitrogens with one attached hydrogen (secondary N) is 1. The normalized spacial score (nSPS) is 11.3. The molecule has 2 nitrogen and oxygen atoms in total. The van der Waals surface area contributed by atoms with Crippen molar-refractivity contribution in [3.05, 3.63) is 17.7 Å². The van der Waals surface area contributed by atoms with E-state index >= 15 is 0 Å². The van der Waals surface area contributed by atoms with Gasteiger partial charge >= 0.3 is 0 Å². The van der Waals surface area contributed by atoms with E-state index in [9.17, 15) is 0 Å². The lowest BCUT2D eigenvalue weighted by molar-refractivity contribution is 0.529.